The topological polar surface area (TPSA) is 68.2 Å². The molecule has 17 heavy (non-hydrogen) atoms. The molecule has 1 heterocycles. The van der Waals surface area contributed by atoms with Gasteiger partial charge in [0.25, 0.3) is 0 Å². The van der Waals surface area contributed by atoms with Crippen LogP contribution in [0.25, 0.3) is 0 Å². The van der Waals surface area contributed by atoms with Gasteiger partial charge in [0.2, 0.25) is 0 Å². The normalized spacial score (nSPS) is 16.9. The average Bonchev–Trinajstić information content (AvgIpc) is 2.87. The van der Waals surface area contributed by atoms with Crippen LogP contribution in [0.4, 0.5) is 0 Å². The summed E-state index contributed by atoms with van der Waals surface area (Å²) in [7, 11) is 1.90. The maximum Gasteiger partial charge on any atom is 0.189 e. The van der Waals surface area contributed by atoms with Crippen molar-refractivity contribution in [3.63, 3.8) is 0 Å². The minimum Gasteiger partial charge on any atom is -0.370 e. The molecule has 1 aromatic rings. The van der Waals surface area contributed by atoms with E-state index in [0.29, 0.717) is 18.5 Å². The Bertz CT molecular complexity index is 368. The van der Waals surface area contributed by atoms with Crippen molar-refractivity contribution in [2.75, 3.05) is 0 Å². The fraction of sp³-hybridized carbons (Fsp3) is 0.636. The zero-order chi connectivity index (χ0) is 11.4. The van der Waals surface area contributed by atoms with Gasteiger partial charge in [-0.15, -0.1) is 24.0 Å². The third-order valence-corrected chi connectivity index (χ3v) is 2.90. The molecule has 3 N–H and O–H groups in total. The molecule has 1 aliphatic carbocycles. The van der Waals surface area contributed by atoms with E-state index < -0.39 is 0 Å². The molecule has 0 spiro atoms. The molecule has 0 bridgehead atoms. The van der Waals surface area contributed by atoms with Crippen LogP contribution in [0.5, 0.6) is 0 Å². The van der Waals surface area contributed by atoms with Crippen LogP contribution in [0.15, 0.2) is 17.4 Å². The van der Waals surface area contributed by atoms with Crippen molar-refractivity contribution in [1.29, 1.82) is 0 Å². The van der Waals surface area contributed by atoms with E-state index in [0.717, 1.165) is 5.56 Å². The predicted octanol–water partition coefficient (Wildman–Crippen LogP) is 1.38. The Morgan fingerprint density at radius 3 is 2.88 bits per heavy atom. The number of nitrogens with zero attached hydrogens (tertiary/aromatic N) is 3. The lowest BCUT2D eigenvalue weighted by Crippen LogP contribution is -2.38. The highest BCUT2D eigenvalue weighted by Crippen LogP contribution is 2.17. The molecule has 0 saturated heterocycles. The summed E-state index contributed by atoms with van der Waals surface area (Å²) in [4.78, 5) is 4.30. The SMILES string of the molecule is Cn1cc(CN=C(N)NC2CCCC2)cn1.I. The quantitative estimate of drug-likeness (QED) is 0.492. The van der Waals surface area contributed by atoms with Gasteiger partial charge in [0.1, 0.15) is 0 Å². The molecular formula is C11H20IN5. The molecule has 1 aliphatic rings. The van der Waals surface area contributed by atoms with Gasteiger partial charge in [-0.1, -0.05) is 12.8 Å². The van der Waals surface area contributed by atoms with E-state index in [-0.39, 0.29) is 24.0 Å². The van der Waals surface area contributed by atoms with Crippen molar-refractivity contribution < 1.29 is 0 Å². The summed E-state index contributed by atoms with van der Waals surface area (Å²) < 4.78 is 1.77. The number of aromatic nitrogens is 2. The van der Waals surface area contributed by atoms with Gasteiger partial charge in [0, 0.05) is 24.8 Å². The summed E-state index contributed by atoms with van der Waals surface area (Å²) in [5.41, 5.74) is 6.90. The Labute approximate surface area is 119 Å². The summed E-state index contributed by atoms with van der Waals surface area (Å²) in [5, 5.41) is 7.34. The van der Waals surface area contributed by atoms with Gasteiger partial charge < -0.3 is 11.1 Å². The minimum atomic E-state index is 0. The van der Waals surface area contributed by atoms with Gasteiger partial charge in [-0.25, -0.2) is 4.99 Å². The molecule has 96 valence electrons. The molecule has 2 rings (SSSR count). The molecule has 0 atom stereocenters. The third-order valence-electron chi connectivity index (χ3n) is 2.90. The molecule has 1 fully saturated rings. The highest BCUT2D eigenvalue weighted by Gasteiger charge is 2.14. The van der Waals surface area contributed by atoms with Gasteiger partial charge in [0.05, 0.1) is 12.7 Å². The average molecular weight is 349 g/mol. The number of aryl methyl sites for hydroxylation is 1. The second-order valence-electron chi connectivity index (χ2n) is 4.35. The smallest absolute Gasteiger partial charge is 0.189 e. The number of halogens is 1. The van der Waals surface area contributed by atoms with E-state index in [1.165, 1.54) is 25.7 Å². The number of nitrogens with two attached hydrogens (primary N) is 1. The summed E-state index contributed by atoms with van der Waals surface area (Å²) in [6.45, 7) is 0.597. The van der Waals surface area contributed by atoms with E-state index in [1.807, 2.05) is 19.4 Å². The van der Waals surface area contributed by atoms with Crippen molar-refractivity contribution in [1.82, 2.24) is 15.1 Å². The molecule has 1 aromatic heterocycles. The molecule has 6 heteroatoms. The molecule has 0 aromatic carbocycles. The van der Waals surface area contributed by atoms with Gasteiger partial charge in [-0.2, -0.15) is 5.10 Å². The Kier molecular flexibility index (Phi) is 5.73. The Hall–Kier alpha value is -0.790. The largest absolute Gasteiger partial charge is 0.370 e. The summed E-state index contributed by atoms with van der Waals surface area (Å²) in [6.07, 6.45) is 8.78. The molecule has 1 saturated carbocycles. The fourth-order valence-corrected chi connectivity index (χ4v) is 2.05. The molecule has 5 nitrogen and oxygen atoms in total. The molecule has 0 radical (unpaired) electrons. The van der Waals surface area contributed by atoms with Crippen molar-refractivity contribution in [3.05, 3.63) is 18.0 Å². The van der Waals surface area contributed by atoms with Crippen molar-refractivity contribution in [2.24, 2.45) is 17.8 Å². The molecule has 0 amide bonds. The number of rotatable bonds is 3. The number of aliphatic imine (C=N–C) groups is 1. The Morgan fingerprint density at radius 1 is 1.59 bits per heavy atom. The van der Waals surface area contributed by atoms with Crippen molar-refractivity contribution in [2.45, 2.75) is 38.3 Å². The number of hydrogen-bond acceptors (Lipinski definition) is 2. The Morgan fingerprint density at radius 2 is 2.29 bits per heavy atom. The lowest BCUT2D eigenvalue weighted by molar-refractivity contribution is 0.625. The lowest BCUT2D eigenvalue weighted by Gasteiger charge is -2.11. The van der Waals surface area contributed by atoms with Crippen LogP contribution in [-0.4, -0.2) is 21.8 Å². The second kappa shape index (κ2) is 6.83. The molecular weight excluding hydrogens is 329 g/mol. The van der Waals surface area contributed by atoms with Gasteiger partial charge in [-0.05, 0) is 12.8 Å². The second-order valence-corrected chi connectivity index (χ2v) is 4.35. The highest BCUT2D eigenvalue weighted by atomic mass is 127. The first-order valence-electron chi connectivity index (χ1n) is 5.78. The van der Waals surface area contributed by atoms with Gasteiger partial charge >= 0.3 is 0 Å². The zero-order valence-corrected chi connectivity index (χ0v) is 12.4. The van der Waals surface area contributed by atoms with E-state index in [2.05, 4.69) is 15.4 Å². The van der Waals surface area contributed by atoms with Crippen LogP contribution in [0.1, 0.15) is 31.2 Å². The zero-order valence-electron chi connectivity index (χ0n) is 10.1. The molecule has 0 unspecified atom stereocenters. The van der Waals surface area contributed by atoms with Crippen LogP contribution < -0.4 is 11.1 Å². The van der Waals surface area contributed by atoms with Crippen molar-refractivity contribution >= 4 is 29.9 Å². The van der Waals surface area contributed by atoms with Gasteiger partial charge in [0.15, 0.2) is 5.96 Å². The first-order chi connectivity index (χ1) is 7.74. The standard InChI is InChI=1S/C11H19N5.HI/c1-16-8-9(7-14-16)6-13-11(12)15-10-4-2-3-5-10;/h7-8,10H,2-6H2,1H3,(H3,12,13,15);1H. The van der Waals surface area contributed by atoms with Crippen LogP contribution in [0, 0.1) is 0 Å². The summed E-state index contributed by atoms with van der Waals surface area (Å²) in [6, 6.07) is 0.526. The van der Waals surface area contributed by atoms with E-state index in [9.17, 15) is 0 Å². The van der Waals surface area contributed by atoms with Crippen LogP contribution in [-0.2, 0) is 13.6 Å². The molecule has 0 aliphatic heterocycles. The van der Waals surface area contributed by atoms with Crippen LogP contribution >= 0.6 is 24.0 Å². The first kappa shape index (κ1) is 14.3. The number of hydrogen-bond donors (Lipinski definition) is 2. The monoisotopic (exact) mass is 349 g/mol. The van der Waals surface area contributed by atoms with E-state index >= 15 is 0 Å². The highest BCUT2D eigenvalue weighted by molar-refractivity contribution is 14.0. The van der Waals surface area contributed by atoms with Gasteiger partial charge in [-0.3, -0.25) is 4.68 Å². The van der Waals surface area contributed by atoms with Crippen LogP contribution in [0.2, 0.25) is 0 Å². The van der Waals surface area contributed by atoms with Crippen molar-refractivity contribution in [3.8, 4) is 0 Å². The fourth-order valence-electron chi connectivity index (χ4n) is 2.05. The Balaban J connectivity index is 0.00000144. The number of nitrogens with one attached hydrogen (secondary N) is 1. The van der Waals surface area contributed by atoms with E-state index in [4.69, 9.17) is 5.73 Å². The summed E-state index contributed by atoms with van der Waals surface area (Å²) in [5.74, 6) is 0.552. The summed E-state index contributed by atoms with van der Waals surface area (Å²) >= 11 is 0. The first-order valence-corrected chi connectivity index (χ1v) is 5.78. The predicted molar refractivity (Wildman–Crippen MR) is 79.3 cm³/mol. The maximum absolute atomic E-state index is 5.82. The lowest BCUT2D eigenvalue weighted by atomic mass is 10.2. The minimum absolute atomic E-state index is 0. The number of guanidine groups is 1. The maximum atomic E-state index is 5.82. The van der Waals surface area contributed by atoms with E-state index in [1.54, 1.807) is 4.68 Å². The van der Waals surface area contributed by atoms with Crippen LogP contribution in [0.3, 0.4) is 0 Å². The third kappa shape index (κ3) is 4.53.